The van der Waals surface area contributed by atoms with Crippen LogP contribution in [0.5, 0.6) is 0 Å². The number of unbranched alkanes of at least 4 members (excludes halogenated alkanes) is 1. The van der Waals surface area contributed by atoms with Crippen molar-refractivity contribution < 1.29 is 4.39 Å². The Morgan fingerprint density at radius 2 is 2.21 bits per heavy atom. The Labute approximate surface area is 92.6 Å². The van der Waals surface area contributed by atoms with E-state index in [9.17, 15) is 4.39 Å². The third-order valence-electron chi connectivity index (χ3n) is 2.25. The van der Waals surface area contributed by atoms with Gasteiger partial charge in [-0.15, -0.1) is 0 Å². The van der Waals surface area contributed by atoms with Crippen molar-refractivity contribution in [3.8, 4) is 0 Å². The molecular weight excluding hydrogens is 245 g/mol. The van der Waals surface area contributed by atoms with Crippen LogP contribution in [0.25, 0.3) is 0 Å². The van der Waals surface area contributed by atoms with Gasteiger partial charge in [-0.1, -0.05) is 31.9 Å². The van der Waals surface area contributed by atoms with Gasteiger partial charge in [0.25, 0.3) is 0 Å². The zero-order valence-electron chi connectivity index (χ0n) is 8.26. The molecule has 1 nitrogen and oxygen atoms in total. The largest absolute Gasteiger partial charge is 0.324 e. The fraction of sp³-hybridized carbons (Fsp3) is 0.455. The van der Waals surface area contributed by atoms with E-state index in [4.69, 9.17) is 5.73 Å². The summed E-state index contributed by atoms with van der Waals surface area (Å²) in [6.07, 6.45) is 2.96. The molecule has 0 radical (unpaired) electrons. The molecule has 0 fully saturated rings. The second kappa shape index (κ2) is 5.47. The van der Waals surface area contributed by atoms with Crippen molar-refractivity contribution in [3.63, 3.8) is 0 Å². The molecule has 1 atom stereocenters. The van der Waals surface area contributed by atoms with E-state index in [0.29, 0.717) is 10.0 Å². The molecule has 14 heavy (non-hydrogen) atoms. The molecule has 0 heterocycles. The smallest absolute Gasteiger partial charge is 0.142 e. The molecule has 1 aromatic rings. The molecule has 1 rings (SSSR count). The van der Waals surface area contributed by atoms with Crippen molar-refractivity contribution in [2.75, 3.05) is 0 Å². The van der Waals surface area contributed by atoms with Gasteiger partial charge < -0.3 is 5.73 Å². The van der Waals surface area contributed by atoms with Gasteiger partial charge in [0.05, 0.1) is 4.47 Å². The average Bonchev–Trinajstić information content (AvgIpc) is 2.18. The van der Waals surface area contributed by atoms with E-state index in [1.165, 1.54) is 0 Å². The van der Waals surface area contributed by atoms with Gasteiger partial charge in [-0.3, -0.25) is 0 Å². The molecule has 0 amide bonds. The maximum Gasteiger partial charge on any atom is 0.142 e. The highest BCUT2D eigenvalue weighted by Gasteiger charge is 2.12. The monoisotopic (exact) mass is 259 g/mol. The topological polar surface area (TPSA) is 26.0 Å². The van der Waals surface area contributed by atoms with E-state index in [0.717, 1.165) is 19.3 Å². The Hall–Kier alpha value is -0.410. The first kappa shape index (κ1) is 11.7. The number of rotatable bonds is 4. The highest BCUT2D eigenvalue weighted by molar-refractivity contribution is 9.10. The van der Waals surface area contributed by atoms with Gasteiger partial charge in [0.15, 0.2) is 0 Å². The minimum Gasteiger partial charge on any atom is -0.324 e. The maximum absolute atomic E-state index is 13.6. The molecule has 3 heteroatoms. The van der Waals surface area contributed by atoms with E-state index in [1.807, 2.05) is 6.07 Å². The number of nitrogens with two attached hydrogens (primary N) is 1. The summed E-state index contributed by atoms with van der Waals surface area (Å²) in [6.45, 7) is 2.10. The number of hydrogen-bond acceptors (Lipinski definition) is 1. The fourth-order valence-corrected chi connectivity index (χ4v) is 1.77. The summed E-state index contributed by atoms with van der Waals surface area (Å²) >= 11 is 3.15. The number of hydrogen-bond donors (Lipinski definition) is 1. The summed E-state index contributed by atoms with van der Waals surface area (Å²) in [5.74, 6) is -0.226. The second-order valence-electron chi connectivity index (χ2n) is 3.39. The lowest BCUT2D eigenvalue weighted by Gasteiger charge is -2.12. The van der Waals surface area contributed by atoms with Gasteiger partial charge in [0, 0.05) is 11.6 Å². The van der Waals surface area contributed by atoms with Crippen LogP contribution < -0.4 is 5.73 Å². The molecule has 0 saturated heterocycles. The first-order chi connectivity index (χ1) is 6.66. The Morgan fingerprint density at radius 1 is 1.50 bits per heavy atom. The van der Waals surface area contributed by atoms with Crippen LogP contribution >= 0.6 is 15.9 Å². The van der Waals surface area contributed by atoms with E-state index >= 15 is 0 Å². The summed E-state index contributed by atoms with van der Waals surface area (Å²) in [6, 6.07) is 5.06. The molecular formula is C11H15BrFN. The van der Waals surface area contributed by atoms with Crippen molar-refractivity contribution in [2.24, 2.45) is 5.73 Å². The van der Waals surface area contributed by atoms with Crippen LogP contribution in [0, 0.1) is 5.82 Å². The van der Waals surface area contributed by atoms with Gasteiger partial charge in [-0.25, -0.2) is 4.39 Å². The van der Waals surface area contributed by atoms with Gasteiger partial charge in [0.2, 0.25) is 0 Å². The number of halogens is 2. The van der Waals surface area contributed by atoms with Crippen LogP contribution in [-0.4, -0.2) is 0 Å². The van der Waals surface area contributed by atoms with E-state index < -0.39 is 0 Å². The maximum atomic E-state index is 13.6. The molecule has 0 bridgehead atoms. The quantitative estimate of drug-likeness (QED) is 0.875. The molecule has 0 unspecified atom stereocenters. The zero-order chi connectivity index (χ0) is 10.6. The predicted octanol–water partition coefficient (Wildman–Crippen LogP) is 3.78. The van der Waals surface area contributed by atoms with Crippen molar-refractivity contribution in [1.82, 2.24) is 0 Å². The van der Waals surface area contributed by atoms with Crippen molar-refractivity contribution in [1.29, 1.82) is 0 Å². The van der Waals surface area contributed by atoms with E-state index in [-0.39, 0.29) is 11.9 Å². The molecule has 0 saturated carbocycles. The lowest BCUT2D eigenvalue weighted by molar-refractivity contribution is 0.544. The summed E-state index contributed by atoms with van der Waals surface area (Å²) in [7, 11) is 0. The van der Waals surface area contributed by atoms with Crippen LogP contribution in [0.2, 0.25) is 0 Å². The molecule has 0 aromatic heterocycles. The first-order valence-electron chi connectivity index (χ1n) is 4.86. The Morgan fingerprint density at radius 3 is 2.86 bits per heavy atom. The first-order valence-corrected chi connectivity index (χ1v) is 5.65. The third-order valence-corrected chi connectivity index (χ3v) is 2.86. The Balaban J connectivity index is 2.79. The van der Waals surface area contributed by atoms with Crippen LogP contribution in [0.3, 0.4) is 0 Å². The molecule has 2 N–H and O–H groups in total. The second-order valence-corrected chi connectivity index (χ2v) is 4.25. The molecule has 78 valence electrons. The molecule has 0 aliphatic carbocycles. The van der Waals surface area contributed by atoms with E-state index in [2.05, 4.69) is 22.9 Å². The van der Waals surface area contributed by atoms with Crippen LogP contribution in [0.15, 0.2) is 22.7 Å². The van der Waals surface area contributed by atoms with Crippen molar-refractivity contribution >= 4 is 15.9 Å². The zero-order valence-corrected chi connectivity index (χ0v) is 9.85. The van der Waals surface area contributed by atoms with Gasteiger partial charge in [0.1, 0.15) is 5.82 Å². The van der Waals surface area contributed by atoms with E-state index in [1.54, 1.807) is 12.1 Å². The van der Waals surface area contributed by atoms with Gasteiger partial charge in [-0.2, -0.15) is 0 Å². The minimum atomic E-state index is -0.226. The van der Waals surface area contributed by atoms with Gasteiger partial charge in [-0.05, 0) is 28.4 Å². The summed E-state index contributed by atoms with van der Waals surface area (Å²) < 4.78 is 14.0. The highest BCUT2D eigenvalue weighted by atomic mass is 79.9. The average molecular weight is 260 g/mol. The Kier molecular flexibility index (Phi) is 4.55. The third kappa shape index (κ3) is 2.79. The predicted molar refractivity (Wildman–Crippen MR) is 60.6 cm³/mol. The summed E-state index contributed by atoms with van der Waals surface area (Å²) in [5.41, 5.74) is 6.49. The Bertz CT molecular complexity index is 301. The fourth-order valence-electron chi connectivity index (χ4n) is 1.39. The molecule has 0 aliphatic rings. The van der Waals surface area contributed by atoms with Crippen molar-refractivity contribution in [2.45, 2.75) is 32.2 Å². The van der Waals surface area contributed by atoms with Crippen LogP contribution in [0.1, 0.15) is 37.8 Å². The minimum absolute atomic E-state index is 0.188. The SMILES string of the molecule is CCCC[C@@H](N)c1cccc(Br)c1F. The standard InChI is InChI=1S/C11H15BrFN/c1-2-3-7-10(14)8-5-4-6-9(12)11(8)13/h4-6,10H,2-3,7,14H2,1H3/t10-/m1/s1. The normalized spacial score (nSPS) is 12.9. The van der Waals surface area contributed by atoms with Gasteiger partial charge >= 0.3 is 0 Å². The van der Waals surface area contributed by atoms with Crippen molar-refractivity contribution in [3.05, 3.63) is 34.1 Å². The number of benzene rings is 1. The lowest BCUT2D eigenvalue weighted by Crippen LogP contribution is -2.12. The molecule has 1 aromatic carbocycles. The molecule has 0 spiro atoms. The summed E-state index contributed by atoms with van der Waals surface area (Å²) in [5, 5.41) is 0. The van der Waals surface area contributed by atoms with Crippen LogP contribution in [-0.2, 0) is 0 Å². The molecule has 0 aliphatic heterocycles. The summed E-state index contributed by atoms with van der Waals surface area (Å²) in [4.78, 5) is 0. The van der Waals surface area contributed by atoms with Crippen LogP contribution in [0.4, 0.5) is 4.39 Å². The lowest BCUT2D eigenvalue weighted by atomic mass is 10.0. The highest BCUT2D eigenvalue weighted by Crippen LogP contribution is 2.25.